The Morgan fingerprint density at radius 2 is 1.96 bits per heavy atom. The zero-order valence-corrected chi connectivity index (χ0v) is 15.4. The molecule has 3 aliphatic rings. The minimum absolute atomic E-state index is 0.256. The zero-order chi connectivity index (χ0) is 17.3. The van der Waals surface area contributed by atoms with Crippen LogP contribution in [-0.4, -0.2) is 45.7 Å². The lowest BCUT2D eigenvalue weighted by Crippen LogP contribution is -2.38. The first-order valence-electron chi connectivity index (χ1n) is 9.44. The number of nitrogens with one attached hydrogen (secondary N) is 1. The Hall–Kier alpha value is -1.18. The maximum atomic E-state index is 12.3. The van der Waals surface area contributed by atoms with Gasteiger partial charge in [-0.2, -0.15) is 0 Å². The van der Waals surface area contributed by atoms with Crippen molar-refractivity contribution in [1.82, 2.24) is 9.71 Å². The van der Waals surface area contributed by atoms with Crippen LogP contribution in [-0.2, 0) is 14.8 Å². The van der Waals surface area contributed by atoms with Crippen LogP contribution in [0.2, 0.25) is 0 Å². The second kappa shape index (κ2) is 7.21. The molecule has 25 heavy (non-hydrogen) atoms. The molecule has 2 aliphatic heterocycles. The highest BCUT2D eigenvalue weighted by Crippen LogP contribution is 2.31. The molecule has 0 aromatic carbocycles. The predicted octanol–water partition coefficient (Wildman–Crippen LogP) is 2.17. The number of rotatable bonds is 6. The van der Waals surface area contributed by atoms with Crippen LogP contribution in [0.5, 0.6) is 0 Å². The van der Waals surface area contributed by atoms with E-state index in [4.69, 9.17) is 4.74 Å². The topological polar surface area (TPSA) is 71.5 Å². The molecule has 1 N–H and O–H groups in total. The molecule has 1 aromatic heterocycles. The summed E-state index contributed by atoms with van der Waals surface area (Å²) in [6.07, 6.45) is 8.81. The summed E-state index contributed by atoms with van der Waals surface area (Å²) in [5, 5.41) is 0. The SMILES string of the molecule is O=S(=O)(NCC1CC1)c1ccc(N2CCC(C3CCCO3)CC2)nc1. The van der Waals surface area contributed by atoms with Crippen molar-refractivity contribution in [2.45, 2.75) is 49.5 Å². The predicted molar refractivity (Wildman–Crippen MR) is 96.1 cm³/mol. The monoisotopic (exact) mass is 365 g/mol. The van der Waals surface area contributed by atoms with Crippen LogP contribution in [0.15, 0.2) is 23.2 Å². The molecule has 1 aromatic rings. The number of sulfonamides is 1. The Balaban J connectivity index is 1.34. The van der Waals surface area contributed by atoms with Crippen LogP contribution in [0.25, 0.3) is 0 Å². The Morgan fingerprint density at radius 3 is 2.56 bits per heavy atom. The van der Waals surface area contributed by atoms with Crippen LogP contribution in [0.3, 0.4) is 0 Å². The van der Waals surface area contributed by atoms with Gasteiger partial charge in [0.2, 0.25) is 10.0 Å². The minimum Gasteiger partial charge on any atom is -0.378 e. The van der Waals surface area contributed by atoms with Crippen molar-refractivity contribution >= 4 is 15.8 Å². The van der Waals surface area contributed by atoms with Gasteiger partial charge < -0.3 is 9.64 Å². The standard InChI is InChI=1S/C18H27N3O3S/c22-25(23,20-12-14-3-4-14)16-5-6-18(19-13-16)21-9-7-15(8-10-21)17-2-1-11-24-17/h5-6,13-15,17,20H,1-4,7-12H2. The molecule has 3 heterocycles. The molecule has 0 radical (unpaired) electrons. The molecule has 0 amide bonds. The normalized spacial score (nSPS) is 25.4. The molecule has 1 atom stereocenters. The molecule has 0 bridgehead atoms. The molecule has 7 heteroatoms. The van der Waals surface area contributed by atoms with E-state index in [1.54, 1.807) is 6.07 Å². The summed E-state index contributed by atoms with van der Waals surface area (Å²) in [5.41, 5.74) is 0. The van der Waals surface area contributed by atoms with Gasteiger partial charge in [-0.15, -0.1) is 0 Å². The lowest BCUT2D eigenvalue weighted by atomic mass is 9.90. The number of nitrogens with zero attached hydrogens (tertiary/aromatic N) is 2. The van der Waals surface area contributed by atoms with Gasteiger partial charge in [0.05, 0.1) is 6.10 Å². The molecule has 2 saturated heterocycles. The fraction of sp³-hybridized carbons (Fsp3) is 0.722. The molecule has 0 spiro atoms. The highest BCUT2D eigenvalue weighted by atomic mass is 32.2. The number of piperidine rings is 1. The quantitative estimate of drug-likeness (QED) is 0.836. The van der Waals surface area contributed by atoms with Gasteiger partial charge in [0.1, 0.15) is 10.7 Å². The van der Waals surface area contributed by atoms with Gasteiger partial charge in [-0.1, -0.05) is 0 Å². The van der Waals surface area contributed by atoms with Gasteiger partial charge in [-0.05, 0) is 62.5 Å². The fourth-order valence-electron chi connectivity index (χ4n) is 3.83. The molecule has 3 fully saturated rings. The Bertz CT molecular complexity index is 674. The van der Waals surface area contributed by atoms with E-state index < -0.39 is 10.0 Å². The van der Waals surface area contributed by atoms with Gasteiger partial charge >= 0.3 is 0 Å². The van der Waals surface area contributed by atoms with Crippen LogP contribution < -0.4 is 9.62 Å². The summed E-state index contributed by atoms with van der Waals surface area (Å²) in [6, 6.07) is 3.50. The highest BCUT2D eigenvalue weighted by Gasteiger charge is 2.30. The van der Waals surface area contributed by atoms with Crippen LogP contribution in [0.4, 0.5) is 5.82 Å². The summed E-state index contributed by atoms with van der Waals surface area (Å²) < 4.78 is 33.0. The largest absolute Gasteiger partial charge is 0.378 e. The molecule has 1 unspecified atom stereocenters. The number of pyridine rings is 1. The lowest BCUT2D eigenvalue weighted by molar-refractivity contribution is 0.0531. The maximum Gasteiger partial charge on any atom is 0.242 e. The number of hydrogen-bond acceptors (Lipinski definition) is 5. The third-order valence-electron chi connectivity index (χ3n) is 5.64. The van der Waals surface area contributed by atoms with Gasteiger partial charge in [-0.3, -0.25) is 0 Å². The maximum absolute atomic E-state index is 12.3. The molecule has 1 saturated carbocycles. The van der Waals surface area contributed by atoms with Gasteiger partial charge in [-0.25, -0.2) is 18.1 Å². The number of hydrogen-bond donors (Lipinski definition) is 1. The number of ether oxygens (including phenoxy) is 1. The molecule has 6 nitrogen and oxygen atoms in total. The smallest absolute Gasteiger partial charge is 0.242 e. The summed E-state index contributed by atoms with van der Waals surface area (Å²) in [7, 11) is -3.43. The van der Waals surface area contributed by atoms with E-state index in [9.17, 15) is 8.42 Å². The van der Waals surface area contributed by atoms with Crippen molar-refractivity contribution in [3.63, 3.8) is 0 Å². The van der Waals surface area contributed by atoms with Crippen molar-refractivity contribution in [2.24, 2.45) is 11.8 Å². The Labute approximate surface area is 150 Å². The van der Waals surface area contributed by atoms with E-state index in [0.29, 0.717) is 24.5 Å². The fourth-order valence-corrected chi connectivity index (χ4v) is 4.89. The van der Waals surface area contributed by atoms with Crippen molar-refractivity contribution in [1.29, 1.82) is 0 Å². The van der Waals surface area contributed by atoms with E-state index in [-0.39, 0.29) is 4.90 Å². The van der Waals surface area contributed by atoms with Crippen LogP contribution in [0.1, 0.15) is 38.5 Å². The van der Waals surface area contributed by atoms with Gasteiger partial charge in [0.25, 0.3) is 0 Å². The van der Waals surface area contributed by atoms with Crippen LogP contribution in [0, 0.1) is 11.8 Å². The lowest BCUT2D eigenvalue weighted by Gasteiger charge is -2.35. The van der Waals surface area contributed by atoms with Crippen molar-refractivity contribution in [2.75, 3.05) is 31.1 Å². The average molecular weight is 365 g/mol. The third-order valence-corrected chi connectivity index (χ3v) is 7.05. The molecule has 1 aliphatic carbocycles. The summed E-state index contributed by atoms with van der Waals surface area (Å²) in [5.74, 6) is 2.05. The zero-order valence-electron chi connectivity index (χ0n) is 14.6. The molecular formula is C18H27N3O3S. The van der Waals surface area contributed by atoms with Crippen molar-refractivity contribution < 1.29 is 13.2 Å². The first kappa shape index (κ1) is 17.2. The van der Waals surface area contributed by atoms with Gasteiger partial charge in [0, 0.05) is 32.4 Å². The Morgan fingerprint density at radius 1 is 1.16 bits per heavy atom. The summed E-state index contributed by atoms with van der Waals surface area (Å²) in [4.78, 5) is 6.91. The highest BCUT2D eigenvalue weighted by molar-refractivity contribution is 7.89. The minimum atomic E-state index is -3.43. The summed E-state index contributed by atoms with van der Waals surface area (Å²) >= 11 is 0. The van der Waals surface area contributed by atoms with Gasteiger partial charge in [0.15, 0.2) is 0 Å². The number of anilines is 1. The average Bonchev–Trinajstić information content (AvgIpc) is 3.32. The van der Waals surface area contributed by atoms with Crippen LogP contribution >= 0.6 is 0 Å². The van der Waals surface area contributed by atoms with E-state index in [2.05, 4.69) is 14.6 Å². The second-order valence-corrected chi connectivity index (χ2v) is 9.29. The first-order chi connectivity index (χ1) is 12.1. The van der Waals surface area contributed by atoms with E-state index >= 15 is 0 Å². The third kappa shape index (κ3) is 4.15. The second-order valence-electron chi connectivity index (χ2n) is 7.52. The molecule has 138 valence electrons. The molecular weight excluding hydrogens is 338 g/mol. The first-order valence-corrected chi connectivity index (χ1v) is 10.9. The van der Waals surface area contributed by atoms with E-state index in [1.807, 2.05) is 6.07 Å². The number of aromatic nitrogens is 1. The summed E-state index contributed by atoms with van der Waals surface area (Å²) in [6.45, 7) is 3.38. The van der Waals surface area contributed by atoms with E-state index in [0.717, 1.165) is 51.2 Å². The van der Waals surface area contributed by atoms with E-state index in [1.165, 1.54) is 19.0 Å². The molecule has 4 rings (SSSR count). The van der Waals surface area contributed by atoms with Crippen molar-refractivity contribution in [3.05, 3.63) is 18.3 Å². The van der Waals surface area contributed by atoms with Crippen molar-refractivity contribution in [3.8, 4) is 0 Å². The Kier molecular flexibility index (Phi) is 4.97.